The highest BCUT2D eigenvalue weighted by Crippen LogP contribution is 2.17. The smallest absolute Gasteiger partial charge is 0.270 e. The van der Waals surface area contributed by atoms with Crippen molar-refractivity contribution >= 4 is 39.5 Å². The summed E-state index contributed by atoms with van der Waals surface area (Å²) in [6.07, 6.45) is 4.64. The molecule has 0 amide bonds. The third-order valence-corrected chi connectivity index (χ3v) is 4.96. The number of sulfonamides is 1. The van der Waals surface area contributed by atoms with Crippen molar-refractivity contribution in [1.82, 2.24) is 9.97 Å². The number of hydrogen-bond donors (Lipinski definition) is 2. The summed E-state index contributed by atoms with van der Waals surface area (Å²) in [5.74, 6) is -0.0991. The second kappa shape index (κ2) is 7.84. The maximum Gasteiger partial charge on any atom is 0.270 e. The molecule has 0 atom stereocenters. The fourth-order valence-corrected chi connectivity index (χ4v) is 3.22. The first-order chi connectivity index (χ1) is 13.3. The lowest BCUT2D eigenvalue weighted by Crippen LogP contribution is -2.15. The molecule has 0 aliphatic heterocycles. The van der Waals surface area contributed by atoms with Crippen LogP contribution in [0.1, 0.15) is 11.3 Å². The van der Waals surface area contributed by atoms with Gasteiger partial charge >= 0.3 is 0 Å². The Morgan fingerprint density at radius 3 is 2.54 bits per heavy atom. The van der Waals surface area contributed by atoms with Crippen LogP contribution in [0.3, 0.4) is 0 Å². The predicted octanol–water partition coefficient (Wildman–Crippen LogP) is 2.94. The zero-order valence-electron chi connectivity index (χ0n) is 14.4. The van der Waals surface area contributed by atoms with Crippen LogP contribution in [0.5, 0.6) is 0 Å². The molecule has 10 heteroatoms. The number of nitrogens with two attached hydrogens (primary N) is 1. The number of benzene rings is 2. The first kappa shape index (κ1) is 19.0. The minimum Gasteiger partial charge on any atom is -0.399 e. The van der Waals surface area contributed by atoms with Crippen LogP contribution in [0.15, 0.2) is 65.7 Å². The normalized spacial score (nSPS) is 11.4. The second-order valence-corrected chi connectivity index (χ2v) is 7.35. The molecule has 28 heavy (non-hydrogen) atoms. The monoisotopic (exact) mass is 397 g/mol. The van der Waals surface area contributed by atoms with E-state index in [0.717, 1.165) is 0 Å². The number of anilines is 2. The van der Waals surface area contributed by atoms with Gasteiger partial charge in [-0.15, -0.1) is 0 Å². The fourth-order valence-electron chi connectivity index (χ4n) is 2.26. The molecule has 0 unspecified atom stereocenters. The highest BCUT2D eigenvalue weighted by Gasteiger charge is 2.15. The van der Waals surface area contributed by atoms with Gasteiger partial charge in [-0.05, 0) is 42.0 Å². The van der Waals surface area contributed by atoms with Crippen LogP contribution in [0.25, 0.3) is 12.2 Å². The van der Waals surface area contributed by atoms with Gasteiger partial charge in [-0.1, -0.05) is 18.2 Å². The standard InChI is InChI=1S/C18H15N5O4S/c19-14-5-8-17(9-6-14)28(26,27)22-18-20-11-10-15(21-18)7-4-13-2-1-3-16(12-13)23(24)25/h1-12H,19H2,(H,20,21,22)/b7-4+. The molecule has 3 N–H and O–H groups in total. The highest BCUT2D eigenvalue weighted by atomic mass is 32.2. The van der Waals surface area contributed by atoms with Crippen molar-refractivity contribution in [3.63, 3.8) is 0 Å². The van der Waals surface area contributed by atoms with E-state index in [2.05, 4.69) is 14.7 Å². The van der Waals surface area contributed by atoms with Crippen molar-refractivity contribution in [1.29, 1.82) is 0 Å². The molecule has 2 aromatic carbocycles. The van der Waals surface area contributed by atoms with E-state index in [1.54, 1.807) is 30.4 Å². The van der Waals surface area contributed by atoms with Crippen molar-refractivity contribution in [2.75, 3.05) is 10.5 Å². The Kier molecular flexibility index (Phi) is 5.32. The molecule has 9 nitrogen and oxygen atoms in total. The summed E-state index contributed by atoms with van der Waals surface area (Å²) in [5.41, 5.74) is 7.02. The van der Waals surface area contributed by atoms with Gasteiger partial charge in [-0.3, -0.25) is 10.1 Å². The predicted molar refractivity (Wildman–Crippen MR) is 106 cm³/mol. The van der Waals surface area contributed by atoms with Crippen molar-refractivity contribution in [2.24, 2.45) is 0 Å². The largest absolute Gasteiger partial charge is 0.399 e. The summed E-state index contributed by atoms with van der Waals surface area (Å²) in [7, 11) is -3.86. The van der Waals surface area contributed by atoms with Crippen molar-refractivity contribution in [3.05, 3.63) is 82.2 Å². The molecule has 0 saturated carbocycles. The molecule has 0 bridgehead atoms. The zero-order valence-corrected chi connectivity index (χ0v) is 15.2. The van der Waals surface area contributed by atoms with Crippen LogP contribution in [0.2, 0.25) is 0 Å². The van der Waals surface area contributed by atoms with Gasteiger partial charge in [0.2, 0.25) is 5.95 Å². The second-order valence-electron chi connectivity index (χ2n) is 5.67. The average Bonchev–Trinajstić information content (AvgIpc) is 2.67. The third-order valence-electron chi connectivity index (χ3n) is 3.62. The molecule has 0 radical (unpaired) electrons. The lowest BCUT2D eigenvalue weighted by atomic mass is 10.2. The van der Waals surface area contributed by atoms with E-state index in [-0.39, 0.29) is 16.5 Å². The Bertz CT molecular complexity index is 1140. The van der Waals surface area contributed by atoms with Crippen molar-refractivity contribution in [3.8, 4) is 0 Å². The first-order valence-electron chi connectivity index (χ1n) is 7.97. The van der Waals surface area contributed by atoms with E-state index in [0.29, 0.717) is 16.9 Å². The minimum atomic E-state index is -3.86. The first-order valence-corrected chi connectivity index (χ1v) is 9.46. The summed E-state index contributed by atoms with van der Waals surface area (Å²) in [6.45, 7) is 0. The molecule has 142 valence electrons. The average molecular weight is 397 g/mol. The summed E-state index contributed by atoms with van der Waals surface area (Å²) >= 11 is 0. The van der Waals surface area contributed by atoms with E-state index in [9.17, 15) is 18.5 Å². The number of nitrogens with one attached hydrogen (secondary N) is 1. The lowest BCUT2D eigenvalue weighted by Gasteiger charge is -2.07. The Balaban J connectivity index is 1.79. The number of non-ortho nitro benzene ring substituents is 1. The van der Waals surface area contributed by atoms with Crippen molar-refractivity contribution in [2.45, 2.75) is 4.90 Å². The lowest BCUT2D eigenvalue weighted by molar-refractivity contribution is -0.384. The number of nitrogens with zero attached hydrogens (tertiary/aromatic N) is 3. The van der Waals surface area contributed by atoms with Crippen LogP contribution < -0.4 is 10.5 Å². The van der Waals surface area contributed by atoms with Gasteiger partial charge in [-0.25, -0.2) is 23.1 Å². The van der Waals surface area contributed by atoms with Gasteiger partial charge in [0.25, 0.3) is 15.7 Å². The summed E-state index contributed by atoms with van der Waals surface area (Å²) in [6, 6.07) is 13.4. The van der Waals surface area contributed by atoms with Gasteiger partial charge < -0.3 is 5.73 Å². The fraction of sp³-hybridized carbons (Fsp3) is 0. The Morgan fingerprint density at radius 2 is 1.82 bits per heavy atom. The van der Waals surface area contributed by atoms with E-state index in [1.165, 1.54) is 42.6 Å². The number of nitro groups is 1. The maximum absolute atomic E-state index is 12.4. The summed E-state index contributed by atoms with van der Waals surface area (Å²) < 4.78 is 27.1. The Morgan fingerprint density at radius 1 is 1.07 bits per heavy atom. The number of nitro benzene ring substituents is 1. The van der Waals surface area contributed by atoms with Crippen LogP contribution in [0.4, 0.5) is 17.3 Å². The quantitative estimate of drug-likeness (QED) is 0.370. The van der Waals surface area contributed by atoms with E-state index in [1.807, 2.05) is 0 Å². The zero-order chi connectivity index (χ0) is 20.1. The molecule has 0 aliphatic rings. The highest BCUT2D eigenvalue weighted by molar-refractivity contribution is 7.92. The third kappa shape index (κ3) is 4.68. The van der Waals surface area contributed by atoms with Gasteiger partial charge in [-0.2, -0.15) is 0 Å². The molecule has 1 aromatic heterocycles. The van der Waals surface area contributed by atoms with Gasteiger partial charge in [0.1, 0.15) is 0 Å². The van der Waals surface area contributed by atoms with Gasteiger partial charge in [0, 0.05) is 24.0 Å². The van der Waals surface area contributed by atoms with E-state index in [4.69, 9.17) is 5.73 Å². The molecular weight excluding hydrogens is 382 g/mol. The Hall–Kier alpha value is -3.79. The van der Waals surface area contributed by atoms with Crippen molar-refractivity contribution < 1.29 is 13.3 Å². The van der Waals surface area contributed by atoms with Crippen LogP contribution >= 0.6 is 0 Å². The summed E-state index contributed by atoms with van der Waals surface area (Å²) in [5, 5.41) is 10.8. The van der Waals surface area contributed by atoms with Crippen LogP contribution in [-0.4, -0.2) is 23.3 Å². The minimum absolute atomic E-state index is 0.0261. The van der Waals surface area contributed by atoms with Gasteiger partial charge in [0.05, 0.1) is 15.5 Å². The molecule has 3 aromatic rings. The number of nitrogen functional groups attached to an aromatic ring is 1. The number of hydrogen-bond acceptors (Lipinski definition) is 7. The van der Waals surface area contributed by atoms with Crippen LogP contribution in [0, 0.1) is 10.1 Å². The molecule has 0 aliphatic carbocycles. The molecule has 0 spiro atoms. The molecule has 3 rings (SSSR count). The molecule has 1 heterocycles. The number of aromatic nitrogens is 2. The molecule has 0 saturated heterocycles. The topological polar surface area (TPSA) is 141 Å². The Labute approximate surface area is 160 Å². The maximum atomic E-state index is 12.4. The molecule has 0 fully saturated rings. The SMILES string of the molecule is Nc1ccc(S(=O)(=O)Nc2nccc(/C=C/c3cccc([N+](=O)[O-])c3)n2)cc1. The number of rotatable bonds is 6. The van der Waals surface area contributed by atoms with E-state index >= 15 is 0 Å². The molecular formula is C18H15N5O4S. The van der Waals surface area contributed by atoms with Crippen LogP contribution in [-0.2, 0) is 10.0 Å². The van der Waals surface area contributed by atoms with Gasteiger partial charge in [0.15, 0.2) is 0 Å². The summed E-state index contributed by atoms with van der Waals surface area (Å²) in [4.78, 5) is 18.4. The van der Waals surface area contributed by atoms with E-state index < -0.39 is 14.9 Å².